The van der Waals surface area contributed by atoms with Crippen molar-refractivity contribution in [2.24, 2.45) is 0 Å². The van der Waals surface area contributed by atoms with Gasteiger partial charge in [0.25, 0.3) is 0 Å². The molecule has 1 unspecified atom stereocenters. The zero-order valence-electron chi connectivity index (χ0n) is 4.60. The van der Waals surface area contributed by atoms with E-state index in [4.69, 9.17) is 12.2 Å². The number of hydrogen-bond donors (Lipinski definition) is 2. The fraction of sp³-hybridized carbons (Fsp3) is 0.750. The maximum absolute atomic E-state index is 4.92. The summed E-state index contributed by atoms with van der Waals surface area (Å²) >= 11 is 5.42. The van der Waals surface area contributed by atoms with E-state index in [1.165, 1.54) is 6.42 Å². The van der Waals surface area contributed by atoms with Crippen LogP contribution in [-0.4, -0.2) is 23.8 Å². The van der Waals surface area contributed by atoms with Gasteiger partial charge in [-0.2, -0.15) is 0 Å². The normalized spacial score (nSPS) is 28.1. The van der Waals surface area contributed by atoms with Crippen molar-refractivity contribution >= 4 is 31.1 Å². The topological polar surface area (TPSA) is 24.1 Å². The summed E-state index contributed by atoms with van der Waals surface area (Å²) in [5.41, 5.74) is 6.02. The molecule has 2 nitrogen and oxygen atoms in total. The van der Waals surface area contributed by atoms with Crippen LogP contribution in [0.4, 0.5) is 0 Å². The van der Waals surface area contributed by atoms with Crippen LogP contribution in [-0.2, 0) is 0 Å². The Bertz CT molecular complexity index is 106. The summed E-state index contributed by atoms with van der Waals surface area (Å²) in [6.07, 6.45) is 1.17. The molecule has 1 aliphatic rings. The second kappa shape index (κ2) is 2.78. The minimum atomic E-state index is 0.504. The Labute approximate surface area is 60.5 Å². The predicted molar refractivity (Wildman–Crippen MR) is 38.7 cm³/mol. The van der Waals surface area contributed by atoms with Crippen molar-refractivity contribution in [1.82, 2.24) is 10.9 Å². The fourth-order valence-corrected chi connectivity index (χ4v) is 2.56. The van der Waals surface area contributed by atoms with Crippen LogP contribution in [0.3, 0.4) is 0 Å². The van der Waals surface area contributed by atoms with E-state index in [0.717, 1.165) is 3.89 Å². The van der Waals surface area contributed by atoms with E-state index >= 15 is 0 Å². The first-order valence-corrected chi connectivity index (χ1v) is 4.80. The van der Waals surface area contributed by atoms with Crippen LogP contribution in [0.15, 0.2) is 0 Å². The van der Waals surface area contributed by atoms with Gasteiger partial charge in [-0.1, -0.05) is 0 Å². The second-order valence-corrected chi connectivity index (χ2v) is 5.11. The molecule has 2 N–H and O–H groups in total. The van der Waals surface area contributed by atoms with Crippen molar-refractivity contribution in [3.05, 3.63) is 0 Å². The van der Waals surface area contributed by atoms with E-state index < -0.39 is 0 Å². The van der Waals surface area contributed by atoms with E-state index in [1.807, 2.05) is 0 Å². The van der Waals surface area contributed by atoms with Gasteiger partial charge < -0.3 is 0 Å². The SMILES string of the molecule is CCC1NNC(=S)[Se]1. The Morgan fingerprint density at radius 3 is 2.88 bits per heavy atom. The molecule has 1 fully saturated rings. The third kappa shape index (κ3) is 1.42. The van der Waals surface area contributed by atoms with E-state index in [0.29, 0.717) is 19.9 Å². The molecule has 4 heteroatoms. The molecule has 0 radical (unpaired) electrons. The Hall–Kier alpha value is 0.369. The molecule has 1 aliphatic heterocycles. The van der Waals surface area contributed by atoms with Crippen LogP contribution < -0.4 is 10.9 Å². The number of rotatable bonds is 1. The van der Waals surface area contributed by atoms with Crippen molar-refractivity contribution in [3.63, 3.8) is 0 Å². The Balaban J connectivity index is 2.32. The molecule has 1 saturated heterocycles. The van der Waals surface area contributed by atoms with Gasteiger partial charge >= 0.3 is 60.2 Å². The van der Waals surface area contributed by atoms with Gasteiger partial charge in [0.1, 0.15) is 0 Å². The second-order valence-electron chi connectivity index (χ2n) is 1.57. The number of thiocarbonyl (C=S) groups is 1. The molecule has 0 aromatic rings. The van der Waals surface area contributed by atoms with Crippen LogP contribution in [0.25, 0.3) is 0 Å². The van der Waals surface area contributed by atoms with E-state index in [-0.39, 0.29) is 0 Å². The van der Waals surface area contributed by atoms with E-state index in [2.05, 4.69) is 17.8 Å². The molecular formula is C4H8N2SSe. The van der Waals surface area contributed by atoms with Gasteiger partial charge in [-0.25, -0.2) is 0 Å². The Kier molecular flexibility index (Phi) is 2.26. The first kappa shape index (κ1) is 6.49. The number of nitrogens with one attached hydrogen (secondary N) is 2. The molecule has 0 aliphatic carbocycles. The monoisotopic (exact) mass is 196 g/mol. The standard InChI is InChI=1S/C4H8N2SSe/c1-2-3-5-6-4(7)8-3/h3,5H,2H2,1H3,(H,6,7). The first-order chi connectivity index (χ1) is 3.83. The first-order valence-electron chi connectivity index (χ1n) is 2.55. The number of hydrazine groups is 1. The van der Waals surface area contributed by atoms with Crippen molar-refractivity contribution in [2.75, 3.05) is 0 Å². The predicted octanol–water partition coefficient (Wildman–Crippen LogP) is -0.181. The molecule has 0 aromatic heterocycles. The molecule has 46 valence electrons. The molecule has 8 heavy (non-hydrogen) atoms. The molecule has 1 atom stereocenters. The number of hydrogen-bond acceptors (Lipinski definition) is 2. The summed E-state index contributed by atoms with van der Waals surface area (Å²) in [7, 11) is 0. The van der Waals surface area contributed by atoms with Crippen molar-refractivity contribution in [1.29, 1.82) is 0 Å². The van der Waals surface area contributed by atoms with Crippen LogP contribution in [0.5, 0.6) is 0 Å². The summed E-state index contributed by atoms with van der Waals surface area (Å²) in [6.45, 7) is 2.16. The van der Waals surface area contributed by atoms with Crippen LogP contribution in [0, 0.1) is 0 Å². The van der Waals surface area contributed by atoms with Crippen LogP contribution >= 0.6 is 12.2 Å². The minimum absolute atomic E-state index is 0.504. The van der Waals surface area contributed by atoms with Gasteiger partial charge in [0, 0.05) is 0 Å². The summed E-state index contributed by atoms with van der Waals surface area (Å²) < 4.78 is 1.00. The van der Waals surface area contributed by atoms with E-state index in [1.54, 1.807) is 0 Å². The third-order valence-corrected chi connectivity index (χ3v) is 3.76. The summed E-state index contributed by atoms with van der Waals surface area (Å²) in [5.74, 6) is 0. The average Bonchev–Trinajstić information content (AvgIpc) is 2.14. The van der Waals surface area contributed by atoms with Gasteiger partial charge in [0.05, 0.1) is 0 Å². The molecule has 0 amide bonds. The van der Waals surface area contributed by atoms with Gasteiger partial charge in [-0.15, -0.1) is 0 Å². The van der Waals surface area contributed by atoms with Crippen LogP contribution in [0.1, 0.15) is 13.3 Å². The van der Waals surface area contributed by atoms with Crippen LogP contribution in [0.2, 0.25) is 0 Å². The molecule has 0 spiro atoms. The fourth-order valence-electron chi connectivity index (χ4n) is 0.513. The Morgan fingerprint density at radius 1 is 1.88 bits per heavy atom. The van der Waals surface area contributed by atoms with Gasteiger partial charge in [0.2, 0.25) is 0 Å². The van der Waals surface area contributed by atoms with Gasteiger partial charge in [-0.3, -0.25) is 0 Å². The van der Waals surface area contributed by atoms with E-state index in [9.17, 15) is 0 Å². The van der Waals surface area contributed by atoms with Crippen molar-refractivity contribution in [2.45, 2.75) is 18.3 Å². The average molecular weight is 195 g/mol. The molecular weight excluding hydrogens is 187 g/mol. The summed E-state index contributed by atoms with van der Waals surface area (Å²) in [4.78, 5) is 0.634. The molecule has 0 bridgehead atoms. The molecule has 1 rings (SSSR count). The summed E-state index contributed by atoms with van der Waals surface area (Å²) in [5, 5.41) is 0. The molecule has 0 saturated carbocycles. The molecule has 0 aromatic carbocycles. The Morgan fingerprint density at radius 2 is 2.62 bits per heavy atom. The zero-order valence-corrected chi connectivity index (χ0v) is 7.13. The zero-order chi connectivity index (χ0) is 5.98. The summed E-state index contributed by atoms with van der Waals surface area (Å²) in [6, 6.07) is 0. The quantitative estimate of drug-likeness (QED) is 0.448. The van der Waals surface area contributed by atoms with Crippen molar-refractivity contribution < 1.29 is 0 Å². The van der Waals surface area contributed by atoms with Gasteiger partial charge in [-0.05, 0) is 0 Å². The molecule has 1 heterocycles. The third-order valence-electron chi connectivity index (χ3n) is 0.955. The van der Waals surface area contributed by atoms with Crippen molar-refractivity contribution in [3.8, 4) is 0 Å². The van der Waals surface area contributed by atoms with Gasteiger partial charge in [0.15, 0.2) is 0 Å². The maximum atomic E-state index is 4.92.